The van der Waals surface area contributed by atoms with Gasteiger partial charge in [-0.2, -0.15) is 0 Å². The van der Waals surface area contributed by atoms with Gasteiger partial charge in [0.1, 0.15) is 0 Å². The second kappa shape index (κ2) is 2.80. The number of hydrazine groups is 1. The zero-order valence-electron chi connectivity index (χ0n) is 4.66. The molecule has 0 unspecified atom stereocenters. The summed E-state index contributed by atoms with van der Waals surface area (Å²) in [6.07, 6.45) is 0.546. The van der Waals surface area contributed by atoms with Crippen LogP contribution in [0.15, 0.2) is 0 Å². The van der Waals surface area contributed by atoms with E-state index < -0.39 is 0 Å². The Kier molecular flexibility index (Phi) is 2.61. The molecule has 0 aromatic rings. The normalized spacial score (nSPS) is 18.1. The minimum Gasteiger partial charge on any atom is -0.273 e. The molecule has 0 radical (unpaired) electrons. The molecule has 9 heavy (non-hydrogen) atoms. The monoisotopic (exact) mass is 150 g/mol. The number of hydrogen-bond acceptors (Lipinski definition) is 3. The Morgan fingerprint density at radius 2 is 1.56 bits per heavy atom. The Morgan fingerprint density at radius 3 is 1.67 bits per heavy atom. The zero-order valence-corrected chi connectivity index (χ0v) is 5.48. The van der Waals surface area contributed by atoms with E-state index in [1.807, 2.05) is 0 Å². The predicted octanol–water partition coefficient (Wildman–Crippen LogP) is -0.569. The lowest BCUT2D eigenvalue weighted by molar-refractivity contribution is -0.138. The van der Waals surface area contributed by atoms with Gasteiger partial charge in [0.25, 0.3) is 0 Å². The van der Waals surface area contributed by atoms with E-state index in [4.69, 9.17) is 5.84 Å². The molecule has 0 spiro atoms. The van der Waals surface area contributed by atoms with E-state index in [0.29, 0.717) is 5.01 Å². The molecular weight excluding hydrogens is 144 g/mol. The number of carbonyl (C=O) groups is 2. The smallest absolute Gasteiger partial charge is 0.244 e. The molecule has 1 rings (SSSR count). The maximum Gasteiger partial charge on any atom is 0.244 e. The van der Waals surface area contributed by atoms with E-state index in [2.05, 4.69) is 0 Å². The number of halogens is 1. The summed E-state index contributed by atoms with van der Waals surface area (Å²) in [7, 11) is 0. The zero-order chi connectivity index (χ0) is 6.15. The molecule has 2 N–H and O–H groups in total. The third-order valence-electron chi connectivity index (χ3n) is 1.09. The first-order valence-corrected chi connectivity index (χ1v) is 2.32. The van der Waals surface area contributed by atoms with Crippen molar-refractivity contribution in [2.24, 2.45) is 5.84 Å². The third kappa shape index (κ3) is 1.40. The standard InChI is InChI=1S/C4H6N2O2.ClH/c5-6-3(7)1-2-4(6)8;/h1-2,5H2;1H. The molecule has 1 fully saturated rings. The van der Waals surface area contributed by atoms with Gasteiger partial charge in [-0.1, -0.05) is 0 Å². The number of nitrogens with two attached hydrogens (primary N) is 1. The van der Waals surface area contributed by atoms with Gasteiger partial charge in [0.2, 0.25) is 11.8 Å². The van der Waals surface area contributed by atoms with E-state index in [1.165, 1.54) is 0 Å². The number of amides is 2. The molecule has 1 saturated heterocycles. The van der Waals surface area contributed by atoms with E-state index in [-0.39, 0.29) is 37.1 Å². The van der Waals surface area contributed by atoms with Crippen LogP contribution >= 0.6 is 12.4 Å². The van der Waals surface area contributed by atoms with Crippen molar-refractivity contribution in [3.63, 3.8) is 0 Å². The van der Waals surface area contributed by atoms with Gasteiger partial charge in [0.15, 0.2) is 0 Å². The quantitative estimate of drug-likeness (QED) is 0.286. The lowest BCUT2D eigenvalue weighted by Gasteiger charge is -2.01. The molecule has 5 heteroatoms. The van der Waals surface area contributed by atoms with Crippen molar-refractivity contribution in [2.75, 3.05) is 0 Å². The van der Waals surface area contributed by atoms with Crippen LogP contribution in [0.3, 0.4) is 0 Å². The number of imide groups is 1. The molecule has 1 aliphatic rings. The van der Waals surface area contributed by atoms with E-state index in [9.17, 15) is 9.59 Å². The highest BCUT2D eigenvalue weighted by atomic mass is 35.5. The summed E-state index contributed by atoms with van der Waals surface area (Å²) in [6.45, 7) is 0. The molecule has 0 aromatic carbocycles. The van der Waals surface area contributed by atoms with Crippen molar-refractivity contribution in [2.45, 2.75) is 12.8 Å². The lowest BCUT2D eigenvalue weighted by Crippen LogP contribution is -2.35. The molecule has 0 aromatic heterocycles. The van der Waals surface area contributed by atoms with Gasteiger partial charge in [-0.3, -0.25) is 9.59 Å². The van der Waals surface area contributed by atoms with Crippen molar-refractivity contribution in [3.05, 3.63) is 0 Å². The van der Waals surface area contributed by atoms with Crippen LogP contribution in [0.25, 0.3) is 0 Å². The Balaban J connectivity index is 0.000000640. The fourth-order valence-corrected chi connectivity index (χ4v) is 0.594. The molecule has 1 heterocycles. The summed E-state index contributed by atoms with van der Waals surface area (Å²) < 4.78 is 0. The summed E-state index contributed by atoms with van der Waals surface area (Å²) in [5, 5.41) is 0.667. The highest BCUT2D eigenvalue weighted by Crippen LogP contribution is 2.05. The van der Waals surface area contributed by atoms with E-state index in [1.54, 1.807) is 0 Å². The summed E-state index contributed by atoms with van der Waals surface area (Å²) >= 11 is 0. The van der Waals surface area contributed by atoms with Crippen LogP contribution in [0.2, 0.25) is 0 Å². The van der Waals surface area contributed by atoms with Crippen LogP contribution in [-0.4, -0.2) is 16.8 Å². The molecular formula is C4H7ClN2O2. The van der Waals surface area contributed by atoms with Crippen molar-refractivity contribution < 1.29 is 9.59 Å². The first kappa shape index (κ1) is 8.39. The average Bonchev–Trinajstić information content (AvgIpc) is 1.98. The van der Waals surface area contributed by atoms with Gasteiger partial charge in [-0.25, -0.2) is 10.9 Å². The molecule has 52 valence electrons. The van der Waals surface area contributed by atoms with Crippen LogP contribution in [0.1, 0.15) is 12.8 Å². The minimum atomic E-state index is -0.282. The SMILES string of the molecule is Cl.NN1C(=O)CCC1=O. The van der Waals surface area contributed by atoms with Crippen LogP contribution in [0, 0.1) is 0 Å². The maximum atomic E-state index is 10.4. The Hall–Kier alpha value is -0.610. The van der Waals surface area contributed by atoms with Crippen LogP contribution < -0.4 is 5.84 Å². The third-order valence-corrected chi connectivity index (χ3v) is 1.09. The second-order valence-electron chi connectivity index (χ2n) is 1.66. The number of rotatable bonds is 0. The van der Waals surface area contributed by atoms with Gasteiger partial charge in [-0.05, 0) is 0 Å². The van der Waals surface area contributed by atoms with Crippen LogP contribution in [0.5, 0.6) is 0 Å². The number of carbonyl (C=O) groups excluding carboxylic acids is 2. The highest BCUT2D eigenvalue weighted by molar-refractivity contribution is 6.01. The summed E-state index contributed by atoms with van der Waals surface area (Å²) in [6, 6.07) is 0. The maximum absolute atomic E-state index is 10.4. The number of hydrogen-bond donors (Lipinski definition) is 1. The topological polar surface area (TPSA) is 63.4 Å². The molecule has 0 atom stereocenters. The largest absolute Gasteiger partial charge is 0.273 e. The fourth-order valence-electron chi connectivity index (χ4n) is 0.594. The summed E-state index contributed by atoms with van der Waals surface area (Å²) in [5.74, 6) is 4.39. The second-order valence-corrected chi connectivity index (χ2v) is 1.66. The molecule has 0 bridgehead atoms. The highest BCUT2D eigenvalue weighted by Gasteiger charge is 2.25. The molecule has 2 amide bonds. The first-order valence-electron chi connectivity index (χ1n) is 2.32. The molecule has 1 aliphatic heterocycles. The van der Waals surface area contributed by atoms with Crippen molar-refractivity contribution in [1.29, 1.82) is 0 Å². The minimum absolute atomic E-state index is 0. The first-order chi connectivity index (χ1) is 3.72. The van der Waals surface area contributed by atoms with Crippen molar-refractivity contribution in [3.8, 4) is 0 Å². The van der Waals surface area contributed by atoms with Gasteiger partial charge in [-0.15, -0.1) is 12.4 Å². The molecule has 0 saturated carbocycles. The van der Waals surface area contributed by atoms with Gasteiger partial charge in [0, 0.05) is 12.8 Å². The fraction of sp³-hybridized carbons (Fsp3) is 0.500. The Morgan fingerprint density at radius 1 is 1.22 bits per heavy atom. The summed E-state index contributed by atoms with van der Waals surface area (Å²) in [4.78, 5) is 20.7. The van der Waals surface area contributed by atoms with Crippen molar-refractivity contribution >= 4 is 24.2 Å². The molecule has 0 aliphatic carbocycles. The molecule has 4 nitrogen and oxygen atoms in total. The lowest BCUT2D eigenvalue weighted by atomic mass is 10.4. The van der Waals surface area contributed by atoms with Gasteiger partial charge >= 0.3 is 0 Å². The van der Waals surface area contributed by atoms with Crippen LogP contribution in [0.4, 0.5) is 0 Å². The number of nitrogens with zero attached hydrogens (tertiary/aromatic N) is 1. The van der Waals surface area contributed by atoms with Crippen molar-refractivity contribution in [1.82, 2.24) is 5.01 Å². The van der Waals surface area contributed by atoms with E-state index >= 15 is 0 Å². The van der Waals surface area contributed by atoms with Crippen LogP contribution in [-0.2, 0) is 9.59 Å². The van der Waals surface area contributed by atoms with Gasteiger partial charge in [0.05, 0.1) is 0 Å². The average molecular weight is 151 g/mol. The van der Waals surface area contributed by atoms with Gasteiger partial charge < -0.3 is 0 Å². The predicted molar refractivity (Wildman–Crippen MR) is 32.5 cm³/mol. The Labute approximate surface area is 58.4 Å². The van der Waals surface area contributed by atoms with E-state index in [0.717, 1.165) is 0 Å². The Bertz CT molecular complexity index is 132. The summed E-state index contributed by atoms with van der Waals surface area (Å²) in [5.41, 5.74) is 0.